The molecule has 0 spiro atoms. The standard InChI is InChI=1S/C26H46O4/c1-2-3-5-10-21-13-15-22(16-14-21)11-6-4-7-12-23(25(28)29)24(27)17-20-26(30)18-8-9-19-26/h13,15,21-24,27,30H,2-12,14,16-20H2,1H3,(H,28,29). The van der Waals surface area contributed by atoms with E-state index in [1.54, 1.807) is 0 Å². The Hall–Kier alpha value is -0.870. The zero-order valence-corrected chi connectivity index (χ0v) is 19.2. The normalized spacial score (nSPS) is 25.3. The fourth-order valence-electron chi connectivity index (χ4n) is 5.40. The van der Waals surface area contributed by atoms with E-state index in [1.807, 2.05) is 0 Å². The Morgan fingerprint density at radius 3 is 2.10 bits per heavy atom. The van der Waals surface area contributed by atoms with E-state index >= 15 is 0 Å². The van der Waals surface area contributed by atoms with E-state index in [1.165, 1.54) is 44.9 Å². The molecule has 0 heterocycles. The Kier molecular flexibility index (Phi) is 11.4. The number of carboxylic acid groups (broad SMARTS) is 1. The number of rotatable bonds is 15. The summed E-state index contributed by atoms with van der Waals surface area (Å²) in [5, 5.41) is 30.4. The molecule has 0 bridgehead atoms. The molecule has 0 amide bonds. The van der Waals surface area contributed by atoms with Crippen LogP contribution in [0.1, 0.15) is 116 Å². The van der Waals surface area contributed by atoms with Gasteiger partial charge in [-0.15, -0.1) is 0 Å². The fraction of sp³-hybridized carbons (Fsp3) is 0.885. The van der Waals surface area contributed by atoms with Crippen LogP contribution < -0.4 is 0 Å². The lowest BCUT2D eigenvalue weighted by Crippen LogP contribution is -2.32. The van der Waals surface area contributed by atoms with Crippen molar-refractivity contribution in [2.24, 2.45) is 17.8 Å². The maximum atomic E-state index is 11.6. The SMILES string of the molecule is CCCCCC1C=CC(CCCCCC(C(=O)O)C(O)CCC2(O)CCCC2)CC1. The minimum atomic E-state index is -0.898. The fourth-order valence-corrected chi connectivity index (χ4v) is 5.40. The van der Waals surface area contributed by atoms with Crippen molar-refractivity contribution in [2.75, 3.05) is 0 Å². The lowest BCUT2D eigenvalue weighted by atomic mass is 9.83. The van der Waals surface area contributed by atoms with Gasteiger partial charge in [-0.2, -0.15) is 0 Å². The zero-order valence-electron chi connectivity index (χ0n) is 19.2. The van der Waals surface area contributed by atoms with Gasteiger partial charge in [0.15, 0.2) is 0 Å². The summed E-state index contributed by atoms with van der Waals surface area (Å²) in [4.78, 5) is 11.6. The molecule has 30 heavy (non-hydrogen) atoms. The molecule has 1 saturated carbocycles. The third-order valence-electron chi connectivity index (χ3n) is 7.55. The van der Waals surface area contributed by atoms with Crippen LogP contribution in [0, 0.1) is 17.8 Å². The van der Waals surface area contributed by atoms with Crippen molar-refractivity contribution < 1.29 is 20.1 Å². The van der Waals surface area contributed by atoms with Crippen LogP contribution in [0.2, 0.25) is 0 Å². The zero-order chi connectivity index (χ0) is 21.8. The first kappa shape index (κ1) is 25.4. The highest BCUT2D eigenvalue weighted by atomic mass is 16.4. The molecular weight excluding hydrogens is 376 g/mol. The van der Waals surface area contributed by atoms with Crippen LogP contribution >= 0.6 is 0 Å². The first-order chi connectivity index (χ1) is 14.4. The summed E-state index contributed by atoms with van der Waals surface area (Å²) < 4.78 is 0. The molecule has 2 aliphatic carbocycles. The van der Waals surface area contributed by atoms with Gasteiger partial charge < -0.3 is 15.3 Å². The Morgan fingerprint density at radius 1 is 0.967 bits per heavy atom. The summed E-state index contributed by atoms with van der Waals surface area (Å²) >= 11 is 0. The Balaban J connectivity index is 1.59. The highest BCUT2D eigenvalue weighted by Crippen LogP contribution is 2.35. The summed E-state index contributed by atoms with van der Waals surface area (Å²) in [5.41, 5.74) is -0.674. The van der Waals surface area contributed by atoms with Gasteiger partial charge in [0.2, 0.25) is 0 Å². The quantitative estimate of drug-likeness (QED) is 0.215. The molecule has 3 N–H and O–H groups in total. The smallest absolute Gasteiger partial charge is 0.309 e. The number of aliphatic carboxylic acids is 1. The number of aliphatic hydroxyl groups excluding tert-OH is 1. The van der Waals surface area contributed by atoms with Crippen LogP contribution in [0.15, 0.2) is 12.2 Å². The topological polar surface area (TPSA) is 77.8 Å². The van der Waals surface area contributed by atoms with E-state index in [0.29, 0.717) is 25.2 Å². The lowest BCUT2D eigenvalue weighted by molar-refractivity contribution is -0.146. The molecule has 4 nitrogen and oxygen atoms in total. The number of hydrogen-bond acceptors (Lipinski definition) is 3. The molecule has 0 saturated heterocycles. The van der Waals surface area contributed by atoms with Crippen molar-refractivity contribution in [1.29, 1.82) is 0 Å². The molecule has 4 atom stereocenters. The first-order valence-electron chi connectivity index (χ1n) is 12.7. The molecule has 2 aliphatic rings. The van der Waals surface area contributed by atoms with E-state index in [2.05, 4.69) is 19.1 Å². The van der Waals surface area contributed by atoms with Crippen LogP contribution in [0.5, 0.6) is 0 Å². The summed E-state index contributed by atoms with van der Waals surface area (Å²) in [6.45, 7) is 2.26. The van der Waals surface area contributed by atoms with Crippen LogP contribution in [0.25, 0.3) is 0 Å². The van der Waals surface area contributed by atoms with E-state index in [9.17, 15) is 20.1 Å². The Labute approximate surface area is 184 Å². The first-order valence-corrected chi connectivity index (χ1v) is 12.7. The Morgan fingerprint density at radius 2 is 1.57 bits per heavy atom. The number of carbonyl (C=O) groups is 1. The van der Waals surface area contributed by atoms with Gasteiger partial charge in [0, 0.05) is 0 Å². The van der Waals surface area contributed by atoms with Crippen molar-refractivity contribution in [1.82, 2.24) is 0 Å². The van der Waals surface area contributed by atoms with Gasteiger partial charge in [-0.25, -0.2) is 0 Å². The number of allylic oxidation sites excluding steroid dienone is 2. The molecule has 174 valence electrons. The maximum absolute atomic E-state index is 11.6. The minimum Gasteiger partial charge on any atom is -0.481 e. The number of unbranched alkanes of at least 4 members (excludes halogenated alkanes) is 4. The van der Waals surface area contributed by atoms with Crippen LogP contribution in [0.4, 0.5) is 0 Å². The number of aliphatic hydroxyl groups is 2. The number of carboxylic acids is 1. The van der Waals surface area contributed by atoms with Crippen molar-refractivity contribution >= 4 is 5.97 Å². The summed E-state index contributed by atoms with van der Waals surface area (Å²) in [7, 11) is 0. The van der Waals surface area contributed by atoms with Gasteiger partial charge in [-0.1, -0.05) is 70.4 Å². The summed E-state index contributed by atoms with van der Waals surface area (Å²) in [5.74, 6) is -0.118. The third kappa shape index (κ3) is 9.09. The predicted octanol–water partition coefficient (Wildman–Crippen LogP) is 6.25. The van der Waals surface area contributed by atoms with Crippen LogP contribution in [0.3, 0.4) is 0 Å². The molecule has 1 fully saturated rings. The highest BCUT2D eigenvalue weighted by molar-refractivity contribution is 5.70. The van der Waals surface area contributed by atoms with Gasteiger partial charge in [-0.3, -0.25) is 4.79 Å². The molecule has 4 heteroatoms. The number of hydrogen-bond donors (Lipinski definition) is 3. The average molecular weight is 423 g/mol. The van der Waals surface area contributed by atoms with Gasteiger partial charge in [-0.05, 0) is 69.6 Å². The third-order valence-corrected chi connectivity index (χ3v) is 7.55. The van der Waals surface area contributed by atoms with E-state index in [4.69, 9.17) is 0 Å². The molecule has 2 rings (SSSR count). The minimum absolute atomic E-state index is 0.389. The van der Waals surface area contributed by atoms with Crippen molar-refractivity contribution in [3.8, 4) is 0 Å². The highest BCUT2D eigenvalue weighted by Gasteiger charge is 2.33. The molecule has 0 aromatic carbocycles. The van der Waals surface area contributed by atoms with Gasteiger partial charge in [0.25, 0.3) is 0 Å². The second-order valence-corrected chi connectivity index (χ2v) is 10.1. The maximum Gasteiger partial charge on any atom is 0.309 e. The van der Waals surface area contributed by atoms with Crippen molar-refractivity contribution in [3.63, 3.8) is 0 Å². The monoisotopic (exact) mass is 422 g/mol. The average Bonchev–Trinajstić information content (AvgIpc) is 3.17. The molecule has 0 aliphatic heterocycles. The predicted molar refractivity (Wildman–Crippen MR) is 122 cm³/mol. The molecule has 0 aromatic rings. The molecule has 0 aromatic heterocycles. The van der Waals surface area contributed by atoms with E-state index in [0.717, 1.165) is 50.9 Å². The largest absolute Gasteiger partial charge is 0.481 e. The van der Waals surface area contributed by atoms with Crippen LogP contribution in [-0.2, 0) is 4.79 Å². The van der Waals surface area contributed by atoms with E-state index < -0.39 is 23.6 Å². The summed E-state index contributed by atoms with van der Waals surface area (Å²) in [6, 6.07) is 0. The van der Waals surface area contributed by atoms with Crippen LogP contribution in [-0.4, -0.2) is 33.0 Å². The van der Waals surface area contributed by atoms with E-state index in [-0.39, 0.29) is 0 Å². The molecule has 0 radical (unpaired) electrons. The Bertz CT molecular complexity index is 509. The van der Waals surface area contributed by atoms with Crippen molar-refractivity contribution in [2.45, 2.75) is 128 Å². The molecular formula is C26H46O4. The summed E-state index contributed by atoms with van der Waals surface area (Å²) in [6.07, 6.45) is 21.3. The van der Waals surface area contributed by atoms with Gasteiger partial charge >= 0.3 is 5.97 Å². The van der Waals surface area contributed by atoms with Gasteiger partial charge in [0.1, 0.15) is 0 Å². The second kappa shape index (κ2) is 13.5. The second-order valence-electron chi connectivity index (χ2n) is 10.1. The molecule has 4 unspecified atom stereocenters. The van der Waals surface area contributed by atoms with Crippen molar-refractivity contribution in [3.05, 3.63) is 12.2 Å². The van der Waals surface area contributed by atoms with Gasteiger partial charge in [0.05, 0.1) is 17.6 Å². The lowest BCUT2D eigenvalue weighted by Gasteiger charge is -2.26.